The minimum atomic E-state index is -0.127. The molecule has 0 aromatic carbocycles. The maximum Gasteiger partial charge on any atom is 0.238 e. The number of nitrogens with zero attached hydrogens (tertiary/aromatic N) is 2. The number of hydrogen-bond donors (Lipinski definition) is 2. The number of pyridine rings is 1. The van der Waals surface area contributed by atoms with E-state index in [1.165, 1.54) is 18.3 Å². The van der Waals surface area contributed by atoms with E-state index in [1.54, 1.807) is 0 Å². The zero-order chi connectivity index (χ0) is 16.2. The van der Waals surface area contributed by atoms with E-state index in [9.17, 15) is 10.3 Å². The van der Waals surface area contributed by atoms with E-state index in [-0.39, 0.29) is 11.3 Å². The molecule has 0 amide bonds. The molecule has 1 heterocycles. The van der Waals surface area contributed by atoms with Crippen molar-refractivity contribution >= 4 is 21.6 Å². The Balaban J connectivity index is 2.07. The van der Waals surface area contributed by atoms with Crippen LogP contribution in [0.3, 0.4) is 0 Å². The van der Waals surface area contributed by atoms with Crippen molar-refractivity contribution in [2.45, 2.75) is 32.2 Å². The van der Waals surface area contributed by atoms with Gasteiger partial charge in [0.25, 0.3) is 0 Å². The van der Waals surface area contributed by atoms with Gasteiger partial charge in [0.15, 0.2) is 11.9 Å². The monoisotopic (exact) mass is 365 g/mol. The molecule has 2 rings (SSSR count). The highest BCUT2D eigenvalue weighted by Crippen LogP contribution is 2.20. The maximum atomic E-state index is 11.8. The van der Waals surface area contributed by atoms with Crippen LogP contribution in [0.25, 0.3) is 0 Å². The highest BCUT2D eigenvalue weighted by atomic mass is 79.9. The van der Waals surface area contributed by atoms with E-state index in [2.05, 4.69) is 40.3 Å². The van der Waals surface area contributed by atoms with E-state index in [4.69, 9.17) is 0 Å². The highest BCUT2D eigenvalue weighted by Gasteiger charge is 2.17. The summed E-state index contributed by atoms with van der Waals surface area (Å²) in [5.74, 6) is 0.0185. The van der Waals surface area contributed by atoms with Gasteiger partial charge in [0.05, 0.1) is 17.7 Å². The molecule has 0 spiro atoms. The van der Waals surface area contributed by atoms with Crippen LogP contribution >= 0.6 is 15.9 Å². The van der Waals surface area contributed by atoms with Crippen LogP contribution in [0.15, 0.2) is 47.2 Å². The zero-order valence-corrected chi connectivity index (χ0v) is 14.3. The SMILES string of the molecule is CC(C)(CBr)N/N=C1/C=CC=C(Cc2c(O)ccc[n+]2[O-])C1. The molecule has 0 bridgehead atoms. The largest absolute Gasteiger partial charge is 0.618 e. The van der Waals surface area contributed by atoms with Gasteiger partial charge >= 0.3 is 0 Å². The lowest BCUT2D eigenvalue weighted by Crippen LogP contribution is -2.37. The van der Waals surface area contributed by atoms with E-state index < -0.39 is 0 Å². The molecule has 1 aliphatic carbocycles. The number of hydrogen-bond acceptors (Lipinski definition) is 4. The van der Waals surface area contributed by atoms with Gasteiger partial charge in [0.1, 0.15) is 0 Å². The Morgan fingerprint density at radius 3 is 2.95 bits per heavy atom. The minimum Gasteiger partial charge on any atom is -0.618 e. The van der Waals surface area contributed by atoms with E-state index >= 15 is 0 Å². The average molecular weight is 366 g/mol. The van der Waals surface area contributed by atoms with Crippen molar-refractivity contribution in [2.75, 3.05) is 5.33 Å². The second-order valence-electron chi connectivity index (χ2n) is 5.94. The standard InChI is InChI=1S/C16H20BrN3O2/c1-16(2,11-17)19-18-13-6-3-5-12(9-13)10-14-15(21)7-4-8-20(14)22/h3-8,19,21H,9-11H2,1-2H3/b18-13-. The fraction of sp³-hybridized carbons (Fsp3) is 0.375. The summed E-state index contributed by atoms with van der Waals surface area (Å²) in [5, 5.41) is 26.8. The lowest BCUT2D eigenvalue weighted by atomic mass is 9.98. The number of aromatic nitrogens is 1. The lowest BCUT2D eigenvalue weighted by molar-refractivity contribution is -0.614. The summed E-state index contributed by atoms with van der Waals surface area (Å²) in [6, 6.07) is 3.05. The molecule has 0 unspecified atom stereocenters. The Kier molecular flexibility index (Phi) is 5.24. The molecular formula is C16H20BrN3O2. The molecule has 118 valence electrons. The Morgan fingerprint density at radius 1 is 1.50 bits per heavy atom. The summed E-state index contributed by atoms with van der Waals surface area (Å²) < 4.78 is 0.706. The smallest absolute Gasteiger partial charge is 0.238 e. The van der Waals surface area contributed by atoms with Crippen LogP contribution in [0.5, 0.6) is 5.75 Å². The van der Waals surface area contributed by atoms with Gasteiger partial charge in [0, 0.05) is 17.8 Å². The molecular weight excluding hydrogens is 346 g/mol. The van der Waals surface area contributed by atoms with Crippen molar-refractivity contribution in [3.63, 3.8) is 0 Å². The van der Waals surface area contributed by atoms with Crippen molar-refractivity contribution < 1.29 is 9.84 Å². The van der Waals surface area contributed by atoms with Crippen LogP contribution in [0.4, 0.5) is 0 Å². The van der Waals surface area contributed by atoms with Crippen LogP contribution in [0.1, 0.15) is 26.0 Å². The molecule has 0 saturated heterocycles. The Bertz CT molecular complexity index is 616. The number of halogens is 1. The molecule has 0 aliphatic heterocycles. The van der Waals surface area contributed by atoms with E-state index in [1.807, 2.05) is 18.2 Å². The van der Waals surface area contributed by atoms with Crippen LogP contribution < -0.4 is 10.2 Å². The first-order chi connectivity index (χ1) is 10.4. The molecule has 22 heavy (non-hydrogen) atoms. The number of aromatic hydroxyl groups is 1. The zero-order valence-electron chi connectivity index (χ0n) is 12.7. The second-order valence-corrected chi connectivity index (χ2v) is 6.50. The van der Waals surface area contributed by atoms with E-state index in [0.717, 1.165) is 16.6 Å². The topological polar surface area (TPSA) is 71.6 Å². The summed E-state index contributed by atoms with van der Waals surface area (Å²) in [6.07, 6.45) is 8.26. The molecule has 1 aromatic rings. The number of hydrazone groups is 1. The first-order valence-corrected chi connectivity index (χ1v) is 8.19. The molecule has 0 radical (unpaired) electrons. The molecule has 0 saturated carbocycles. The van der Waals surface area contributed by atoms with Crippen molar-refractivity contribution in [1.82, 2.24) is 5.43 Å². The van der Waals surface area contributed by atoms with Gasteiger partial charge < -0.3 is 15.7 Å². The summed E-state index contributed by atoms with van der Waals surface area (Å²) in [5.41, 5.74) is 5.30. The number of rotatable bonds is 5. The third-order valence-corrected chi connectivity index (χ3v) is 4.70. The maximum absolute atomic E-state index is 11.8. The fourth-order valence-corrected chi connectivity index (χ4v) is 2.12. The number of alkyl halides is 1. The van der Waals surface area contributed by atoms with Crippen LogP contribution in [-0.2, 0) is 6.42 Å². The predicted molar refractivity (Wildman–Crippen MR) is 91.1 cm³/mol. The summed E-state index contributed by atoms with van der Waals surface area (Å²) >= 11 is 3.44. The normalized spacial score (nSPS) is 16.7. The van der Waals surface area contributed by atoms with Crippen molar-refractivity contribution in [2.24, 2.45) is 5.10 Å². The Hall–Kier alpha value is -1.82. The van der Waals surface area contributed by atoms with Crippen LogP contribution in [0.2, 0.25) is 0 Å². The van der Waals surface area contributed by atoms with E-state index in [0.29, 0.717) is 23.3 Å². The number of allylic oxidation sites excluding steroid dienone is 4. The molecule has 0 atom stereocenters. The second kappa shape index (κ2) is 6.96. The Morgan fingerprint density at radius 2 is 2.27 bits per heavy atom. The summed E-state index contributed by atoms with van der Waals surface area (Å²) in [6.45, 7) is 4.11. The molecule has 6 heteroatoms. The third-order valence-electron chi connectivity index (χ3n) is 3.30. The molecule has 5 nitrogen and oxygen atoms in total. The predicted octanol–water partition coefficient (Wildman–Crippen LogP) is 2.57. The van der Waals surface area contributed by atoms with Gasteiger partial charge in [-0.1, -0.05) is 33.7 Å². The van der Waals surface area contributed by atoms with Crippen LogP contribution in [0, 0.1) is 5.21 Å². The summed E-state index contributed by atoms with van der Waals surface area (Å²) in [4.78, 5) is 0. The minimum absolute atomic E-state index is 0.0185. The average Bonchev–Trinajstić information content (AvgIpc) is 2.50. The first kappa shape index (κ1) is 16.5. The summed E-state index contributed by atoms with van der Waals surface area (Å²) in [7, 11) is 0. The van der Waals surface area contributed by atoms with Crippen molar-refractivity contribution in [3.05, 3.63) is 53.0 Å². The fourth-order valence-electron chi connectivity index (χ4n) is 1.99. The molecule has 2 N–H and O–H groups in total. The molecule has 1 aliphatic rings. The van der Waals surface area contributed by atoms with Gasteiger partial charge in [-0.05, 0) is 26.0 Å². The molecule has 0 fully saturated rings. The number of nitrogens with one attached hydrogen (secondary N) is 1. The van der Waals surface area contributed by atoms with Crippen LogP contribution in [-0.4, -0.2) is 21.7 Å². The van der Waals surface area contributed by atoms with Crippen molar-refractivity contribution in [1.29, 1.82) is 0 Å². The van der Waals surface area contributed by atoms with Gasteiger partial charge in [0.2, 0.25) is 5.69 Å². The lowest BCUT2D eigenvalue weighted by Gasteiger charge is -2.22. The Labute approximate surface area is 138 Å². The quantitative estimate of drug-likeness (QED) is 0.364. The van der Waals surface area contributed by atoms with Gasteiger partial charge in [-0.25, -0.2) is 0 Å². The molecule has 1 aromatic heterocycles. The first-order valence-electron chi connectivity index (χ1n) is 7.07. The van der Waals surface area contributed by atoms with Crippen molar-refractivity contribution in [3.8, 4) is 5.75 Å². The van der Waals surface area contributed by atoms with Gasteiger partial charge in [-0.15, -0.1) is 0 Å². The third kappa shape index (κ3) is 4.34. The highest BCUT2D eigenvalue weighted by molar-refractivity contribution is 9.09. The van der Waals surface area contributed by atoms with Gasteiger partial charge in [-0.3, -0.25) is 0 Å². The van der Waals surface area contributed by atoms with Gasteiger partial charge in [-0.2, -0.15) is 9.83 Å².